The number of halogens is 3. The van der Waals surface area contributed by atoms with E-state index in [2.05, 4.69) is 4.98 Å². The van der Waals surface area contributed by atoms with E-state index in [-0.39, 0.29) is 18.8 Å². The van der Waals surface area contributed by atoms with Crippen LogP contribution in [0.3, 0.4) is 0 Å². The Bertz CT molecular complexity index is 433. The van der Waals surface area contributed by atoms with Crippen LogP contribution in [0, 0.1) is 5.92 Å². The number of nitrogen functional groups attached to an aromatic ring is 2. The highest BCUT2D eigenvalue weighted by Gasteiger charge is 2.42. The molecule has 0 amide bonds. The summed E-state index contributed by atoms with van der Waals surface area (Å²) in [6.45, 7) is 0.489. The van der Waals surface area contributed by atoms with E-state index in [9.17, 15) is 13.2 Å². The van der Waals surface area contributed by atoms with E-state index in [1.165, 1.54) is 0 Å². The van der Waals surface area contributed by atoms with Crippen LogP contribution in [0.4, 0.5) is 30.5 Å². The molecule has 2 heterocycles. The topological polar surface area (TPSA) is 68.2 Å². The summed E-state index contributed by atoms with van der Waals surface area (Å²) in [4.78, 5) is 5.63. The predicted octanol–water partition coefficient (Wildman–Crippen LogP) is 2.02. The zero-order valence-corrected chi connectivity index (χ0v) is 9.74. The molecule has 1 fully saturated rings. The number of anilines is 3. The Kier molecular flexibility index (Phi) is 3.23. The highest BCUT2D eigenvalue weighted by Crippen LogP contribution is 2.34. The van der Waals surface area contributed by atoms with Crippen molar-refractivity contribution in [2.75, 3.05) is 29.5 Å². The standard InChI is InChI=1S/C11H15F3N4/c12-11(13,14)7-2-1-5-18(6-7)9-4-3-8(15)10(16)17-9/h3-4,7H,1-2,5-6,15H2,(H2,16,17). The van der Waals surface area contributed by atoms with Crippen molar-refractivity contribution in [1.29, 1.82) is 0 Å². The largest absolute Gasteiger partial charge is 0.396 e. The third-order valence-electron chi connectivity index (χ3n) is 3.15. The SMILES string of the molecule is Nc1ccc(N2CCCC(C(F)(F)F)C2)nc1N. The molecular formula is C11H15F3N4. The molecule has 1 saturated heterocycles. The lowest BCUT2D eigenvalue weighted by Crippen LogP contribution is -2.42. The molecule has 1 unspecified atom stereocenters. The number of pyridine rings is 1. The van der Waals surface area contributed by atoms with Crippen LogP contribution in [0.15, 0.2) is 12.1 Å². The number of alkyl halides is 3. The Balaban J connectivity index is 2.15. The molecule has 0 aliphatic carbocycles. The van der Waals surface area contributed by atoms with E-state index in [1.807, 2.05) is 0 Å². The van der Waals surface area contributed by atoms with Crippen molar-refractivity contribution < 1.29 is 13.2 Å². The van der Waals surface area contributed by atoms with Crippen LogP contribution in [-0.4, -0.2) is 24.2 Å². The molecule has 0 aromatic carbocycles. The summed E-state index contributed by atoms with van der Waals surface area (Å²) in [5, 5.41) is 0. The fourth-order valence-electron chi connectivity index (χ4n) is 2.10. The van der Waals surface area contributed by atoms with Gasteiger partial charge in [0.15, 0.2) is 0 Å². The summed E-state index contributed by atoms with van der Waals surface area (Å²) in [5.74, 6) is -0.691. The molecule has 1 aromatic rings. The van der Waals surface area contributed by atoms with Crippen molar-refractivity contribution in [2.45, 2.75) is 19.0 Å². The van der Waals surface area contributed by atoms with Crippen LogP contribution >= 0.6 is 0 Å². The average molecular weight is 260 g/mol. The molecule has 18 heavy (non-hydrogen) atoms. The maximum absolute atomic E-state index is 12.7. The smallest absolute Gasteiger partial charge is 0.393 e. The fourth-order valence-corrected chi connectivity index (χ4v) is 2.10. The monoisotopic (exact) mass is 260 g/mol. The zero-order valence-electron chi connectivity index (χ0n) is 9.74. The molecule has 1 atom stereocenters. The number of nitrogens with two attached hydrogens (primary N) is 2. The maximum atomic E-state index is 12.7. The molecule has 1 aromatic heterocycles. The van der Waals surface area contributed by atoms with E-state index in [1.54, 1.807) is 17.0 Å². The van der Waals surface area contributed by atoms with Gasteiger partial charge in [0.25, 0.3) is 0 Å². The van der Waals surface area contributed by atoms with Crippen LogP contribution in [0.25, 0.3) is 0 Å². The molecule has 2 rings (SSSR count). The van der Waals surface area contributed by atoms with Crippen molar-refractivity contribution in [3.8, 4) is 0 Å². The number of nitrogens with zero attached hydrogens (tertiary/aromatic N) is 2. The van der Waals surface area contributed by atoms with E-state index in [0.29, 0.717) is 24.5 Å². The summed E-state index contributed by atoms with van der Waals surface area (Å²) in [6.07, 6.45) is -3.49. The number of hydrogen-bond acceptors (Lipinski definition) is 4. The van der Waals surface area contributed by atoms with E-state index in [0.717, 1.165) is 0 Å². The van der Waals surface area contributed by atoms with Crippen molar-refractivity contribution >= 4 is 17.3 Å². The highest BCUT2D eigenvalue weighted by molar-refractivity contribution is 5.62. The summed E-state index contributed by atoms with van der Waals surface area (Å²) in [6, 6.07) is 3.17. The molecule has 1 aliphatic heterocycles. The van der Waals surface area contributed by atoms with Gasteiger partial charge in [-0.25, -0.2) is 4.98 Å². The first kappa shape index (κ1) is 12.8. The first-order valence-corrected chi connectivity index (χ1v) is 5.71. The summed E-state index contributed by atoms with van der Waals surface area (Å²) >= 11 is 0. The Morgan fingerprint density at radius 1 is 1.28 bits per heavy atom. The Morgan fingerprint density at radius 2 is 2.00 bits per heavy atom. The highest BCUT2D eigenvalue weighted by atomic mass is 19.4. The van der Waals surface area contributed by atoms with Gasteiger partial charge >= 0.3 is 6.18 Å². The number of rotatable bonds is 1. The number of hydrogen-bond donors (Lipinski definition) is 2. The number of piperidine rings is 1. The molecular weight excluding hydrogens is 245 g/mol. The van der Waals surface area contributed by atoms with Gasteiger partial charge in [-0.2, -0.15) is 13.2 Å². The number of aromatic nitrogens is 1. The Hall–Kier alpha value is -1.66. The van der Waals surface area contributed by atoms with Crippen LogP contribution in [0.2, 0.25) is 0 Å². The second kappa shape index (κ2) is 4.55. The normalized spacial score (nSPS) is 21.1. The van der Waals surface area contributed by atoms with Crippen LogP contribution in [0.5, 0.6) is 0 Å². The minimum absolute atomic E-state index is 0.0696. The maximum Gasteiger partial charge on any atom is 0.393 e. The quantitative estimate of drug-likeness (QED) is 0.810. The lowest BCUT2D eigenvalue weighted by Gasteiger charge is -2.34. The van der Waals surface area contributed by atoms with Gasteiger partial charge in [-0.15, -0.1) is 0 Å². The fraction of sp³-hybridized carbons (Fsp3) is 0.545. The molecule has 0 radical (unpaired) electrons. The summed E-state index contributed by atoms with van der Waals surface area (Å²) in [7, 11) is 0. The van der Waals surface area contributed by atoms with Gasteiger partial charge in [-0.05, 0) is 25.0 Å². The van der Waals surface area contributed by atoms with Crippen molar-refractivity contribution in [3.63, 3.8) is 0 Å². The van der Waals surface area contributed by atoms with Crippen molar-refractivity contribution in [2.24, 2.45) is 5.92 Å². The molecule has 7 heteroatoms. The van der Waals surface area contributed by atoms with E-state index in [4.69, 9.17) is 11.5 Å². The summed E-state index contributed by atoms with van der Waals surface area (Å²) in [5.41, 5.74) is 11.4. The second-order valence-corrected chi connectivity index (χ2v) is 4.47. The molecule has 4 nitrogen and oxygen atoms in total. The molecule has 0 spiro atoms. The van der Waals surface area contributed by atoms with E-state index < -0.39 is 12.1 Å². The Morgan fingerprint density at radius 3 is 2.61 bits per heavy atom. The molecule has 0 bridgehead atoms. The van der Waals surface area contributed by atoms with Crippen molar-refractivity contribution in [3.05, 3.63) is 12.1 Å². The van der Waals surface area contributed by atoms with Crippen LogP contribution in [-0.2, 0) is 0 Å². The molecule has 0 saturated carbocycles. The average Bonchev–Trinajstić information content (AvgIpc) is 2.32. The minimum atomic E-state index is -4.15. The van der Waals surface area contributed by atoms with Gasteiger partial charge in [-0.1, -0.05) is 0 Å². The van der Waals surface area contributed by atoms with Gasteiger partial charge in [-0.3, -0.25) is 0 Å². The van der Waals surface area contributed by atoms with Crippen LogP contribution < -0.4 is 16.4 Å². The zero-order chi connectivity index (χ0) is 13.3. The molecule has 100 valence electrons. The van der Waals surface area contributed by atoms with Gasteiger partial charge in [0.1, 0.15) is 11.6 Å². The van der Waals surface area contributed by atoms with Gasteiger partial charge in [0.2, 0.25) is 0 Å². The summed E-state index contributed by atoms with van der Waals surface area (Å²) < 4.78 is 38.0. The minimum Gasteiger partial charge on any atom is -0.396 e. The lowest BCUT2D eigenvalue weighted by atomic mass is 9.97. The third-order valence-corrected chi connectivity index (χ3v) is 3.15. The first-order chi connectivity index (χ1) is 8.38. The van der Waals surface area contributed by atoms with Gasteiger partial charge in [0, 0.05) is 13.1 Å². The lowest BCUT2D eigenvalue weighted by molar-refractivity contribution is -0.176. The second-order valence-electron chi connectivity index (χ2n) is 4.47. The van der Waals surface area contributed by atoms with Crippen LogP contribution in [0.1, 0.15) is 12.8 Å². The molecule has 4 N–H and O–H groups in total. The van der Waals surface area contributed by atoms with Gasteiger partial charge < -0.3 is 16.4 Å². The molecule has 1 aliphatic rings. The van der Waals surface area contributed by atoms with Gasteiger partial charge in [0.05, 0.1) is 11.6 Å². The predicted molar refractivity (Wildman–Crippen MR) is 64.1 cm³/mol. The first-order valence-electron chi connectivity index (χ1n) is 5.71. The van der Waals surface area contributed by atoms with E-state index >= 15 is 0 Å². The Labute approximate surface area is 103 Å². The van der Waals surface area contributed by atoms with Crippen molar-refractivity contribution in [1.82, 2.24) is 4.98 Å². The third kappa shape index (κ3) is 2.60.